The second kappa shape index (κ2) is 39.5. The van der Waals surface area contributed by atoms with Gasteiger partial charge in [-0.25, -0.2) is 0 Å². The molecule has 0 heterocycles. The first-order valence-electron chi connectivity index (χ1n) is 21.6. The Morgan fingerprint density at radius 1 is 0.404 bits per heavy atom. The Labute approximate surface area is 295 Å². The van der Waals surface area contributed by atoms with E-state index in [0.717, 1.165) is 51.4 Å². The third-order valence-electron chi connectivity index (χ3n) is 10.2. The quantitative estimate of drug-likeness (QED) is 0.0641. The third-order valence-corrected chi connectivity index (χ3v) is 10.2. The Balaban J connectivity index is 3.43. The van der Waals surface area contributed by atoms with Crippen LogP contribution in [0.2, 0.25) is 0 Å². The van der Waals surface area contributed by atoms with Crippen molar-refractivity contribution in [1.82, 2.24) is 5.32 Å². The van der Waals surface area contributed by atoms with Gasteiger partial charge in [0.15, 0.2) is 0 Å². The summed E-state index contributed by atoms with van der Waals surface area (Å²) in [5.41, 5.74) is 0. The number of ketones is 1. The van der Waals surface area contributed by atoms with Crippen LogP contribution in [0, 0.1) is 0 Å². The lowest BCUT2D eigenvalue weighted by atomic mass is 10.0. The number of aliphatic hydroxyl groups excluding tert-OH is 1. The number of carbonyl (C=O) groups is 2. The number of nitrogens with one attached hydrogen (secondary N) is 1. The van der Waals surface area contributed by atoms with E-state index < -0.39 is 0 Å². The average molecular weight is 664 g/mol. The van der Waals surface area contributed by atoms with E-state index in [1.165, 1.54) is 180 Å². The maximum atomic E-state index is 12.4. The van der Waals surface area contributed by atoms with Gasteiger partial charge in [-0.15, -0.1) is 0 Å². The number of hydrogen-bond acceptors (Lipinski definition) is 3. The summed E-state index contributed by atoms with van der Waals surface area (Å²) >= 11 is 0. The highest BCUT2D eigenvalue weighted by Crippen LogP contribution is 2.16. The van der Waals surface area contributed by atoms with E-state index in [9.17, 15) is 14.7 Å². The van der Waals surface area contributed by atoms with Crippen molar-refractivity contribution in [3.8, 4) is 0 Å². The van der Waals surface area contributed by atoms with Gasteiger partial charge in [0.25, 0.3) is 0 Å². The predicted molar refractivity (Wildman–Crippen MR) is 206 cm³/mol. The monoisotopic (exact) mass is 664 g/mol. The van der Waals surface area contributed by atoms with Crippen LogP contribution >= 0.6 is 0 Å². The van der Waals surface area contributed by atoms with Crippen molar-refractivity contribution in [2.75, 3.05) is 6.61 Å². The van der Waals surface area contributed by atoms with E-state index in [1.807, 2.05) is 0 Å². The van der Waals surface area contributed by atoms with Crippen molar-refractivity contribution in [3.63, 3.8) is 0 Å². The molecule has 0 saturated carbocycles. The van der Waals surface area contributed by atoms with Crippen LogP contribution in [-0.4, -0.2) is 29.4 Å². The van der Waals surface area contributed by atoms with Crippen LogP contribution in [0.25, 0.3) is 0 Å². The lowest BCUT2D eigenvalue weighted by Gasteiger charge is -2.16. The molecule has 4 nitrogen and oxygen atoms in total. The highest BCUT2D eigenvalue weighted by Gasteiger charge is 2.11. The second-order valence-electron chi connectivity index (χ2n) is 15.0. The van der Waals surface area contributed by atoms with Crippen LogP contribution in [0.1, 0.15) is 251 Å². The maximum Gasteiger partial charge on any atom is 0.220 e. The lowest BCUT2D eigenvalue weighted by molar-refractivity contribution is -0.122. The lowest BCUT2D eigenvalue weighted by Crippen LogP contribution is -2.37. The molecule has 0 aromatic carbocycles. The van der Waals surface area contributed by atoms with Crippen molar-refractivity contribution >= 4 is 11.7 Å². The highest BCUT2D eigenvalue weighted by molar-refractivity contribution is 5.78. The minimum Gasteiger partial charge on any atom is -0.394 e. The number of amides is 1. The SMILES string of the molecule is CCCCCCCCCCCCCCCCCCC(CO)NC(=O)CCCCCCCCCCC(=O)CCCCCCCCCCC. The van der Waals surface area contributed by atoms with Gasteiger partial charge in [-0.2, -0.15) is 0 Å². The number of unbranched alkanes of at least 4 members (excludes halogenated alkanes) is 30. The summed E-state index contributed by atoms with van der Waals surface area (Å²) < 4.78 is 0. The van der Waals surface area contributed by atoms with Crippen LogP contribution in [-0.2, 0) is 9.59 Å². The highest BCUT2D eigenvalue weighted by atomic mass is 16.3. The Kier molecular flexibility index (Phi) is 38.8. The van der Waals surface area contributed by atoms with Gasteiger partial charge in [-0.05, 0) is 25.7 Å². The number of aliphatic hydroxyl groups is 1. The first-order chi connectivity index (χ1) is 23.1. The van der Waals surface area contributed by atoms with Gasteiger partial charge < -0.3 is 10.4 Å². The first kappa shape index (κ1) is 46.1. The van der Waals surface area contributed by atoms with E-state index in [4.69, 9.17) is 0 Å². The fraction of sp³-hybridized carbons (Fsp3) is 0.953. The molecule has 1 unspecified atom stereocenters. The van der Waals surface area contributed by atoms with E-state index in [-0.39, 0.29) is 18.6 Å². The van der Waals surface area contributed by atoms with Crippen molar-refractivity contribution < 1.29 is 14.7 Å². The van der Waals surface area contributed by atoms with Gasteiger partial charge in [0.1, 0.15) is 5.78 Å². The molecule has 0 spiro atoms. The minimum atomic E-state index is -0.0777. The first-order valence-corrected chi connectivity index (χ1v) is 21.6. The predicted octanol–water partition coefficient (Wildman–Crippen LogP) is 13.5. The van der Waals surface area contributed by atoms with E-state index >= 15 is 0 Å². The maximum absolute atomic E-state index is 12.4. The molecule has 0 rings (SSSR count). The van der Waals surface area contributed by atoms with Crippen LogP contribution < -0.4 is 5.32 Å². The molecule has 0 aliphatic rings. The van der Waals surface area contributed by atoms with Crippen molar-refractivity contribution in [2.24, 2.45) is 0 Å². The molecule has 0 aliphatic carbocycles. The summed E-state index contributed by atoms with van der Waals surface area (Å²) in [5.74, 6) is 0.576. The Morgan fingerprint density at radius 3 is 1.00 bits per heavy atom. The molecule has 1 amide bonds. The largest absolute Gasteiger partial charge is 0.394 e. The van der Waals surface area contributed by atoms with Gasteiger partial charge >= 0.3 is 0 Å². The zero-order valence-electron chi connectivity index (χ0n) is 32.2. The molecular formula is C43H85NO3. The summed E-state index contributed by atoms with van der Waals surface area (Å²) in [6.07, 6.45) is 45.8. The summed E-state index contributed by atoms with van der Waals surface area (Å²) in [5, 5.41) is 12.8. The Bertz CT molecular complexity index is 637. The van der Waals surface area contributed by atoms with Crippen LogP contribution in [0.5, 0.6) is 0 Å². The fourth-order valence-electron chi connectivity index (χ4n) is 6.87. The van der Waals surface area contributed by atoms with Crippen molar-refractivity contribution in [3.05, 3.63) is 0 Å². The molecule has 4 heteroatoms. The molecule has 47 heavy (non-hydrogen) atoms. The molecule has 0 fully saturated rings. The Hall–Kier alpha value is -0.900. The summed E-state index contributed by atoms with van der Waals surface area (Å²) in [6, 6.07) is -0.0777. The smallest absolute Gasteiger partial charge is 0.220 e. The number of hydrogen-bond donors (Lipinski definition) is 2. The molecule has 0 bridgehead atoms. The molecule has 280 valence electrons. The molecule has 0 aromatic heterocycles. The topological polar surface area (TPSA) is 66.4 Å². The normalized spacial score (nSPS) is 12.1. The van der Waals surface area contributed by atoms with Crippen LogP contribution in [0.4, 0.5) is 0 Å². The van der Waals surface area contributed by atoms with E-state index in [0.29, 0.717) is 12.2 Å². The second-order valence-corrected chi connectivity index (χ2v) is 15.0. The van der Waals surface area contributed by atoms with Gasteiger partial charge in [0.2, 0.25) is 5.91 Å². The Morgan fingerprint density at radius 2 is 0.681 bits per heavy atom. The molecule has 2 N–H and O–H groups in total. The zero-order valence-corrected chi connectivity index (χ0v) is 32.2. The molecular weight excluding hydrogens is 578 g/mol. The standard InChI is InChI=1S/C43H85NO3/c1-3-5-7-9-11-13-14-15-16-17-18-19-21-24-28-32-36-41(40-45)44-43(47)39-35-31-27-23-22-26-30-34-38-42(46)37-33-29-25-20-12-10-8-6-4-2/h41,45H,3-40H2,1-2H3,(H,44,47). The molecule has 0 saturated heterocycles. The molecule has 1 atom stereocenters. The van der Waals surface area contributed by atoms with Crippen molar-refractivity contribution in [1.29, 1.82) is 0 Å². The number of Topliss-reactive ketones (excluding diaryl/α,β-unsaturated/α-hetero) is 1. The van der Waals surface area contributed by atoms with E-state index in [1.54, 1.807) is 0 Å². The molecule has 0 aliphatic heterocycles. The summed E-state index contributed by atoms with van der Waals surface area (Å²) in [6.45, 7) is 4.60. The van der Waals surface area contributed by atoms with Gasteiger partial charge in [0.05, 0.1) is 12.6 Å². The molecule has 0 radical (unpaired) electrons. The van der Waals surface area contributed by atoms with Crippen LogP contribution in [0.15, 0.2) is 0 Å². The average Bonchev–Trinajstić information content (AvgIpc) is 3.07. The zero-order chi connectivity index (χ0) is 34.3. The minimum absolute atomic E-state index is 0.0509. The third kappa shape index (κ3) is 37.8. The van der Waals surface area contributed by atoms with Gasteiger partial charge in [0, 0.05) is 19.3 Å². The summed E-state index contributed by atoms with van der Waals surface area (Å²) in [4.78, 5) is 24.5. The number of rotatable bonds is 40. The number of carbonyl (C=O) groups excluding carboxylic acids is 2. The van der Waals surface area contributed by atoms with Gasteiger partial charge in [-0.3, -0.25) is 9.59 Å². The molecule has 0 aromatic rings. The van der Waals surface area contributed by atoms with E-state index in [2.05, 4.69) is 19.2 Å². The van der Waals surface area contributed by atoms with Gasteiger partial charge in [-0.1, -0.05) is 206 Å². The van der Waals surface area contributed by atoms with Crippen molar-refractivity contribution in [2.45, 2.75) is 257 Å². The van der Waals surface area contributed by atoms with Crippen LogP contribution in [0.3, 0.4) is 0 Å². The fourth-order valence-corrected chi connectivity index (χ4v) is 6.87. The summed E-state index contributed by atoms with van der Waals surface area (Å²) in [7, 11) is 0.